The molecule has 0 radical (unpaired) electrons. The van der Waals surface area contributed by atoms with Crippen LogP contribution in [0.15, 0.2) is 60.7 Å². The Labute approximate surface area is 161 Å². The fourth-order valence-corrected chi connectivity index (χ4v) is 3.74. The lowest BCUT2D eigenvalue weighted by molar-refractivity contribution is -0.140. The first kappa shape index (κ1) is 21.1. The molecule has 0 aliphatic heterocycles. The van der Waals surface area contributed by atoms with Crippen molar-refractivity contribution in [3.8, 4) is 0 Å². The molecule has 0 spiro atoms. The van der Waals surface area contributed by atoms with E-state index in [1.54, 1.807) is 0 Å². The molecule has 2 rings (SSSR count). The number of esters is 1. The molecule has 2 aromatic rings. The van der Waals surface area contributed by atoms with E-state index in [9.17, 15) is 13.2 Å². The van der Waals surface area contributed by atoms with Crippen LogP contribution in [0.3, 0.4) is 0 Å². The number of hydrogen-bond acceptors (Lipinski definition) is 4. The number of nitrogens with one attached hydrogen (secondary N) is 1. The Bertz CT molecular complexity index is 771. The van der Waals surface area contributed by atoms with Gasteiger partial charge in [-0.2, -0.15) is 12.7 Å². The minimum absolute atomic E-state index is 0.0184. The van der Waals surface area contributed by atoms with Gasteiger partial charge in [0, 0.05) is 26.1 Å². The van der Waals surface area contributed by atoms with Gasteiger partial charge in [-0.15, -0.1) is 0 Å². The number of benzene rings is 2. The molecule has 27 heavy (non-hydrogen) atoms. The van der Waals surface area contributed by atoms with Crippen LogP contribution in [0.2, 0.25) is 0 Å². The van der Waals surface area contributed by atoms with E-state index in [4.69, 9.17) is 0 Å². The summed E-state index contributed by atoms with van der Waals surface area (Å²) in [6.07, 6.45) is 0.642. The van der Waals surface area contributed by atoms with E-state index >= 15 is 0 Å². The lowest BCUT2D eigenvalue weighted by Gasteiger charge is -2.20. The number of carbonyl (C=O) groups excluding carboxylic acids is 1. The molecule has 0 unspecified atom stereocenters. The second-order valence-corrected chi connectivity index (χ2v) is 8.07. The van der Waals surface area contributed by atoms with Crippen molar-refractivity contribution in [1.82, 2.24) is 9.03 Å². The summed E-state index contributed by atoms with van der Waals surface area (Å²) in [5, 5.41) is 0. The molecule has 0 aliphatic carbocycles. The summed E-state index contributed by atoms with van der Waals surface area (Å²) in [4.78, 5) is 11.2. The normalized spacial score (nSPS) is 11.7. The molecule has 0 atom stereocenters. The van der Waals surface area contributed by atoms with Gasteiger partial charge >= 0.3 is 5.97 Å². The van der Waals surface area contributed by atoms with Gasteiger partial charge in [-0.3, -0.25) is 4.79 Å². The standard InChI is InChI=1S/C20H26N2O4S/c1-22(16-14-20(23)26-2)27(24,25)21-15-13-19(17-9-5-3-6-10-17)18-11-7-4-8-12-18/h3-12,19,21H,13-16H2,1-2H3. The summed E-state index contributed by atoms with van der Waals surface area (Å²) in [6.45, 7) is 0.363. The van der Waals surface area contributed by atoms with E-state index < -0.39 is 16.2 Å². The van der Waals surface area contributed by atoms with Gasteiger partial charge in [0.25, 0.3) is 10.2 Å². The maximum absolute atomic E-state index is 12.3. The van der Waals surface area contributed by atoms with Gasteiger partial charge in [-0.1, -0.05) is 60.7 Å². The highest BCUT2D eigenvalue weighted by atomic mass is 32.2. The highest BCUT2D eigenvalue weighted by Crippen LogP contribution is 2.27. The van der Waals surface area contributed by atoms with Crippen LogP contribution in [0.4, 0.5) is 0 Å². The molecule has 1 N–H and O–H groups in total. The molecular weight excluding hydrogens is 364 g/mol. The number of methoxy groups -OCH3 is 1. The van der Waals surface area contributed by atoms with Crippen molar-refractivity contribution in [2.45, 2.75) is 18.8 Å². The summed E-state index contributed by atoms with van der Waals surface area (Å²) in [5.74, 6) is -0.347. The first-order valence-corrected chi connectivity index (χ1v) is 10.3. The van der Waals surface area contributed by atoms with E-state index in [2.05, 4.69) is 33.7 Å². The molecule has 0 saturated carbocycles. The van der Waals surface area contributed by atoms with Crippen molar-refractivity contribution in [1.29, 1.82) is 0 Å². The van der Waals surface area contributed by atoms with E-state index in [0.29, 0.717) is 13.0 Å². The zero-order chi connectivity index (χ0) is 19.7. The van der Waals surface area contributed by atoms with Crippen molar-refractivity contribution in [3.63, 3.8) is 0 Å². The number of carbonyl (C=O) groups is 1. The Kier molecular flexibility index (Phi) is 7.97. The van der Waals surface area contributed by atoms with Crippen LogP contribution in [0.5, 0.6) is 0 Å². The third kappa shape index (κ3) is 6.46. The van der Waals surface area contributed by atoms with Crippen molar-refractivity contribution in [3.05, 3.63) is 71.8 Å². The Hall–Kier alpha value is -2.22. The smallest absolute Gasteiger partial charge is 0.306 e. The van der Waals surface area contributed by atoms with Crippen LogP contribution >= 0.6 is 0 Å². The monoisotopic (exact) mass is 390 g/mol. The van der Waals surface area contributed by atoms with Gasteiger partial charge in [0.1, 0.15) is 0 Å². The Morgan fingerprint density at radius 2 is 1.56 bits per heavy atom. The highest BCUT2D eigenvalue weighted by Gasteiger charge is 2.20. The van der Waals surface area contributed by atoms with Crippen molar-refractivity contribution >= 4 is 16.2 Å². The van der Waals surface area contributed by atoms with Crippen molar-refractivity contribution in [2.24, 2.45) is 0 Å². The van der Waals surface area contributed by atoms with Crippen molar-refractivity contribution in [2.75, 3.05) is 27.2 Å². The number of hydrogen-bond donors (Lipinski definition) is 1. The summed E-state index contributed by atoms with van der Waals surface area (Å²) in [6, 6.07) is 20.1. The van der Waals surface area contributed by atoms with Gasteiger partial charge in [-0.25, -0.2) is 4.72 Å². The first-order valence-electron chi connectivity index (χ1n) is 8.81. The predicted molar refractivity (Wildman–Crippen MR) is 106 cm³/mol. The van der Waals surface area contributed by atoms with Gasteiger partial charge in [0.15, 0.2) is 0 Å². The van der Waals surface area contributed by atoms with Crippen LogP contribution in [-0.4, -0.2) is 45.9 Å². The Morgan fingerprint density at radius 1 is 1.04 bits per heavy atom. The third-order valence-corrected chi connectivity index (χ3v) is 5.96. The molecule has 146 valence electrons. The molecule has 0 amide bonds. The fraction of sp³-hybridized carbons (Fsp3) is 0.350. The van der Waals surface area contributed by atoms with Gasteiger partial charge in [0.05, 0.1) is 13.5 Å². The van der Waals surface area contributed by atoms with Crippen LogP contribution < -0.4 is 4.72 Å². The predicted octanol–water partition coefficient (Wildman–Crippen LogP) is 2.54. The SMILES string of the molecule is COC(=O)CCN(C)S(=O)(=O)NCCC(c1ccccc1)c1ccccc1. The molecule has 6 nitrogen and oxygen atoms in total. The number of nitrogens with zero attached hydrogens (tertiary/aromatic N) is 1. The summed E-state index contributed by atoms with van der Waals surface area (Å²) < 4.78 is 33.0. The van der Waals surface area contributed by atoms with Crippen LogP contribution in [0, 0.1) is 0 Å². The fourth-order valence-electron chi connectivity index (χ4n) is 2.81. The van der Waals surface area contributed by atoms with Gasteiger partial charge in [0.2, 0.25) is 0 Å². The van der Waals surface area contributed by atoms with E-state index in [-0.39, 0.29) is 18.9 Å². The average molecular weight is 391 g/mol. The highest BCUT2D eigenvalue weighted by molar-refractivity contribution is 7.87. The average Bonchev–Trinajstić information content (AvgIpc) is 2.70. The van der Waals surface area contributed by atoms with E-state index in [1.807, 2.05) is 36.4 Å². The molecular formula is C20H26N2O4S. The Balaban J connectivity index is 2.00. The van der Waals surface area contributed by atoms with Crippen LogP contribution in [0.25, 0.3) is 0 Å². The molecule has 0 fully saturated rings. The Morgan fingerprint density at radius 3 is 2.04 bits per heavy atom. The maximum atomic E-state index is 12.3. The summed E-state index contributed by atoms with van der Waals surface area (Å²) >= 11 is 0. The largest absolute Gasteiger partial charge is 0.469 e. The molecule has 7 heteroatoms. The number of ether oxygens (including phenoxy) is 1. The first-order chi connectivity index (χ1) is 12.9. The van der Waals surface area contributed by atoms with Gasteiger partial charge < -0.3 is 4.74 Å². The second-order valence-electron chi connectivity index (χ2n) is 6.21. The minimum atomic E-state index is -3.65. The lowest BCUT2D eigenvalue weighted by atomic mass is 9.89. The van der Waals surface area contributed by atoms with Crippen LogP contribution in [0.1, 0.15) is 29.9 Å². The summed E-state index contributed by atoms with van der Waals surface area (Å²) in [7, 11) is -0.927. The van der Waals surface area contributed by atoms with E-state index in [1.165, 1.54) is 14.2 Å². The topological polar surface area (TPSA) is 75.7 Å². The molecule has 0 aromatic heterocycles. The zero-order valence-corrected chi connectivity index (χ0v) is 16.5. The molecule has 0 bridgehead atoms. The maximum Gasteiger partial charge on any atom is 0.306 e. The second kappa shape index (κ2) is 10.2. The van der Waals surface area contributed by atoms with Crippen molar-refractivity contribution < 1.29 is 17.9 Å². The van der Waals surface area contributed by atoms with E-state index in [0.717, 1.165) is 15.4 Å². The van der Waals surface area contributed by atoms with Crippen LogP contribution in [-0.2, 0) is 19.7 Å². The molecule has 0 heterocycles. The lowest BCUT2D eigenvalue weighted by Crippen LogP contribution is -2.40. The minimum Gasteiger partial charge on any atom is -0.469 e. The molecule has 0 aliphatic rings. The quantitative estimate of drug-likeness (QED) is 0.633. The molecule has 0 saturated heterocycles. The van der Waals surface area contributed by atoms with Gasteiger partial charge in [-0.05, 0) is 17.5 Å². The zero-order valence-electron chi connectivity index (χ0n) is 15.7. The summed E-state index contributed by atoms with van der Waals surface area (Å²) in [5.41, 5.74) is 2.28. The number of rotatable bonds is 10. The molecule has 2 aromatic carbocycles. The third-order valence-electron chi connectivity index (χ3n) is 4.39.